The number of nitrogens with zero attached hydrogens (tertiary/aromatic N) is 3. The van der Waals surface area contributed by atoms with Crippen molar-refractivity contribution in [2.45, 2.75) is 6.92 Å². The van der Waals surface area contributed by atoms with Crippen LogP contribution in [0.2, 0.25) is 0 Å². The van der Waals surface area contributed by atoms with Gasteiger partial charge in [-0.3, -0.25) is 9.20 Å². The Morgan fingerprint density at radius 3 is 2.84 bits per heavy atom. The van der Waals surface area contributed by atoms with Crippen LogP contribution in [0.15, 0.2) is 52.8 Å². The molecule has 2 aromatic heterocycles. The minimum atomic E-state index is -0.202. The van der Waals surface area contributed by atoms with Crippen molar-refractivity contribution in [3.63, 3.8) is 0 Å². The Morgan fingerprint density at radius 2 is 2.11 bits per heavy atom. The van der Waals surface area contributed by atoms with Gasteiger partial charge in [0.2, 0.25) is 0 Å². The van der Waals surface area contributed by atoms with Crippen LogP contribution in [-0.2, 0) is 0 Å². The third-order valence-electron chi connectivity index (χ3n) is 2.96. The van der Waals surface area contributed by atoms with Crippen molar-refractivity contribution in [3.8, 4) is 0 Å². The molecule has 0 N–H and O–H groups in total. The fourth-order valence-corrected chi connectivity index (χ4v) is 2.84. The molecule has 0 saturated heterocycles. The van der Waals surface area contributed by atoms with Crippen molar-refractivity contribution < 1.29 is 0 Å². The van der Waals surface area contributed by atoms with Crippen LogP contribution in [0.5, 0.6) is 0 Å². The predicted molar refractivity (Wildman–Crippen MR) is 78.5 cm³/mol. The van der Waals surface area contributed by atoms with E-state index in [1.165, 1.54) is 11.3 Å². The van der Waals surface area contributed by atoms with Crippen LogP contribution in [-0.4, -0.2) is 15.9 Å². The van der Waals surface area contributed by atoms with E-state index in [0.29, 0.717) is 0 Å². The molecule has 19 heavy (non-hydrogen) atoms. The molecule has 3 aromatic rings. The molecule has 1 aromatic carbocycles. The molecule has 0 fully saturated rings. The molecule has 0 saturated carbocycles. The maximum atomic E-state index is 11.7. The summed E-state index contributed by atoms with van der Waals surface area (Å²) in [6.07, 6.45) is 1.94. The van der Waals surface area contributed by atoms with Gasteiger partial charge in [0.05, 0.1) is 0 Å². The van der Waals surface area contributed by atoms with E-state index in [2.05, 4.69) is 16.8 Å². The van der Waals surface area contributed by atoms with Crippen LogP contribution in [0.3, 0.4) is 0 Å². The Labute approximate surface area is 114 Å². The first-order valence-electron chi connectivity index (χ1n) is 6.09. The molecule has 2 heterocycles. The number of thiazole rings is 1. The molecule has 3 rings (SSSR count). The lowest BCUT2D eigenvalue weighted by molar-refractivity contribution is 0.953. The van der Waals surface area contributed by atoms with Crippen LogP contribution in [0.1, 0.15) is 6.92 Å². The Morgan fingerprint density at radius 1 is 1.32 bits per heavy atom. The molecule has 0 amide bonds. The van der Waals surface area contributed by atoms with Crippen molar-refractivity contribution in [1.82, 2.24) is 9.38 Å². The second kappa shape index (κ2) is 4.85. The molecule has 0 radical (unpaired) electrons. The summed E-state index contributed by atoms with van der Waals surface area (Å²) in [4.78, 5) is 18.5. The van der Waals surface area contributed by atoms with Crippen molar-refractivity contribution in [1.29, 1.82) is 0 Å². The van der Waals surface area contributed by atoms with Crippen molar-refractivity contribution in [3.05, 3.63) is 58.3 Å². The molecule has 96 valence electrons. The summed E-state index contributed by atoms with van der Waals surface area (Å²) in [5.74, 6) is 0.852. The zero-order valence-corrected chi connectivity index (χ0v) is 11.3. The summed E-state index contributed by atoms with van der Waals surface area (Å²) in [7, 11) is 0. The monoisotopic (exact) mass is 271 g/mol. The lowest BCUT2D eigenvalue weighted by Gasteiger charge is -2.23. The van der Waals surface area contributed by atoms with Gasteiger partial charge < -0.3 is 4.90 Å². The predicted octanol–water partition coefficient (Wildman–Crippen LogP) is 2.91. The largest absolute Gasteiger partial charge is 0.328 e. The van der Waals surface area contributed by atoms with Gasteiger partial charge in [-0.2, -0.15) is 4.98 Å². The summed E-state index contributed by atoms with van der Waals surface area (Å²) in [6, 6.07) is 11.6. The molecular formula is C14H13N3OS. The van der Waals surface area contributed by atoms with Gasteiger partial charge in [-0.15, -0.1) is 11.3 Å². The van der Waals surface area contributed by atoms with Crippen molar-refractivity contribution >= 4 is 27.8 Å². The van der Waals surface area contributed by atoms with Crippen LogP contribution < -0.4 is 10.5 Å². The number of fused-ring (bicyclic) bond motifs is 1. The average molecular weight is 271 g/mol. The quantitative estimate of drug-likeness (QED) is 0.735. The maximum absolute atomic E-state index is 11.7. The maximum Gasteiger partial charge on any atom is 0.276 e. The fraction of sp³-hybridized carbons (Fsp3) is 0.143. The molecule has 0 aliphatic heterocycles. The fourth-order valence-electron chi connectivity index (χ4n) is 2.13. The second-order valence-electron chi connectivity index (χ2n) is 4.09. The molecular weight excluding hydrogens is 258 g/mol. The van der Waals surface area contributed by atoms with Gasteiger partial charge >= 0.3 is 0 Å². The minimum absolute atomic E-state index is 0.202. The van der Waals surface area contributed by atoms with Gasteiger partial charge in [0.25, 0.3) is 5.56 Å². The summed E-state index contributed by atoms with van der Waals surface area (Å²) in [6.45, 7) is 2.85. The number of hydrogen-bond donors (Lipinski definition) is 0. The van der Waals surface area contributed by atoms with E-state index in [1.807, 2.05) is 46.3 Å². The Balaban J connectivity index is 2.22. The standard InChI is InChI=1S/C14H13N3OS/c1-2-16(11-6-4-3-5-7-11)13-10-12(18)15-14-17(13)8-9-19-14/h3-10H,2H2,1H3. The van der Waals surface area contributed by atoms with Gasteiger partial charge in [-0.1, -0.05) is 18.2 Å². The number of aromatic nitrogens is 2. The Bertz CT molecular complexity index is 748. The van der Waals surface area contributed by atoms with Gasteiger partial charge in [-0.05, 0) is 19.1 Å². The van der Waals surface area contributed by atoms with Gasteiger partial charge in [0.1, 0.15) is 5.82 Å². The molecule has 0 spiro atoms. The number of rotatable bonds is 3. The lowest BCUT2D eigenvalue weighted by Crippen LogP contribution is -2.21. The molecule has 0 atom stereocenters. The first-order chi connectivity index (χ1) is 9.29. The van der Waals surface area contributed by atoms with Crippen LogP contribution in [0, 0.1) is 0 Å². The van der Waals surface area contributed by atoms with Crippen LogP contribution in [0.25, 0.3) is 4.96 Å². The smallest absolute Gasteiger partial charge is 0.276 e. The normalized spacial score (nSPS) is 10.8. The van der Waals surface area contributed by atoms with Crippen LogP contribution in [0.4, 0.5) is 11.5 Å². The molecule has 5 heteroatoms. The van der Waals surface area contributed by atoms with Crippen molar-refractivity contribution in [2.75, 3.05) is 11.4 Å². The molecule has 4 nitrogen and oxygen atoms in total. The Kier molecular flexibility index (Phi) is 3.05. The topological polar surface area (TPSA) is 37.6 Å². The number of para-hydroxylation sites is 1. The van der Waals surface area contributed by atoms with E-state index in [9.17, 15) is 4.79 Å². The molecule has 0 bridgehead atoms. The third kappa shape index (κ3) is 2.13. The summed E-state index contributed by atoms with van der Waals surface area (Å²) in [5.41, 5.74) is 0.863. The molecule has 0 aliphatic carbocycles. The average Bonchev–Trinajstić information content (AvgIpc) is 2.89. The SMILES string of the molecule is CCN(c1ccccc1)c1cc(=O)nc2sccn12. The van der Waals surface area contributed by atoms with Crippen molar-refractivity contribution in [2.24, 2.45) is 0 Å². The molecule has 0 unspecified atom stereocenters. The van der Waals surface area contributed by atoms with Gasteiger partial charge in [0.15, 0.2) is 4.96 Å². The number of anilines is 2. The van der Waals surface area contributed by atoms with Gasteiger partial charge in [0, 0.05) is 29.9 Å². The number of benzene rings is 1. The highest BCUT2D eigenvalue weighted by molar-refractivity contribution is 7.15. The zero-order chi connectivity index (χ0) is 13.2. The summed E-state index contributed by atoms with van der Waals surface area (Å²) < 4.78 is 1.95. The Hall–Kier alpha value is -2.14. The number of hydrogen-bond acceptors (Lipinski definition) is 4. The van der Waals surface area contributed by atoms with E-state index in [1.54, 1.807) is 6.07 Å². The molecule has 0 aliphatic rings. The van der Waals surface area contributed by atoms with E-state index in [4.69, 9.17) is 0 Å². The van der Waals surface area contributed by atoms with Gasteiger partial charge in [-0.25, -0.2) is 0 Å². The zero-order valence-electron chi connectivity index (χ0n) is 10.5. The third-order valence-corrected chi connectivity index (χ3v) is 3.71. The van der Waals surface area contributed by atoms with E-state index in [-0.39, 0.29) is 5.56 Å². The van der Waals surface area contributed by atoms with Crippen LogP contribution >= 0.6 is 11.3 Å². The van der Waals surface area contributed by atoms with E-state index < -0.39 is 0 Å². The first kappa shape index (κ1) is 11.9. The van der Waals surface area contributed by atoms with E-state index in [0.717, 1.165) is 23.0 Å². The lowest BCUT2D eigenvalue weighted by atomic mass is 10.3. The first-order valence-corrected chi connectivity index (χ1v) is 6.97. The highest BCUT2D eigenvalue weighted by Gasteiger charge is 2.12. The highest BCUT2D eigenvalue weighted by Crippen LogP contribution is 2.25. The second-order valence-corrected chi connectivity index (χ2v) is 4.96. The van der Waals surface area contributed by atoms with E-state index >= 15 is 0 Å². The highest BCUT2D eigenvalue weighted by atomic mass is 32.1. The minimum Gasteiger partial charge on any atom is -0.328 e. The summed E-state index contributed by atoms with van der Waals surface area (Å²) in [5, 5.41) is 1.93. The summed E-state index contributed by atoms with van der Waals surface area (Å²) >= 11 is 1.46.